The lowest BCUT2D eigenvalue weighted by Crippen LogP contribution is -2.40. The molecule has 194 valence electrons. The summed E-state index contributed by atoms with van der Waals surface area (Å²) in [4.78, 5) is 32.1. The topological polar surface area (TPSA) is 79.1 Å². The molecular weight excluding hydrogens is 580 g/mol. The second-order valence-electron chi connectivity index (χ2n) is 8.55. The van der Waals surface area contributed by atoms with Crippen molar-refractivity contribution in [2.75, 3.05) is 13.7 Å². The van der Waals surface area contributed by atoms with Crippen LogP contribution in [0.3, 0.4) is 0 Å². The molecule has 2 aromatic carbocycles. The molecule has 1 aliphatic heterocycles. The van der Waals surface area contributed by atoms with E-state index in [9.17, 15) is 9.59 Å². The van der Waals surface area contributed by atoms with Gasteiger partial charge in [0, 0.05) is 16.7 Å². The summed E-state index contributed by atoms with van der Waals surface area (Å²) in [6, 6.07) is 9.98. The van der Waals surface area contributed by atoms with E-state index in [1.807, 2.05) is 13.0 Å². The molecule has 0 amide bonds. The SMILES string of the molecule is CCOc1cc(OC)c(Br)cc1/C=c1\sc2n(c1=O)[C@@H](c1ccc(Cl)cc1)C(C(=O)OC(C)C)=C(C)N=2. The van der Waals surface area contributed by atoms with Crippen molar-refractivity contribution in [3.05, 3.63) is 88.0 Å². The third-order valence-electron chi connectivity index (χ3n) is 5.64. The lowest BCUT2D eigenvalue weighted by molar-refractivity contribution is -0.143. The summed E-state index contributed by atoms with van der Waals surface area (Å²) in [6.07, 6.45) is 1.44. The maximum absolute atomic E-state index is 13.8. The van der Waals surface area contributed by atoms with Crippen molar-refractivity contribution in [2.45, 2.75) is 39.8 Å². The number of methoxy groups -OCH3 is 1. The molecule has 0 fully saturated rings. The number of fused-ring (bicyclic) bond motifs is 1. The van der Waals surface area contributed by atoms with Crippen LogP contribution in [0, 0.1) is 0 Å². The van der Waals surface area contributed by atoms with Gasteiger partial charge in [0.2, 0.25) is 0 Å². The number of ether oxygens (including phenoxy) is 3. The number of thiazole rings is 1. The van der Waals surface area contributed by atoms with Gasteiger partial charge in [0.25, 0.3) is 5.56 Å². The Hall–Kier alpha value is -2.88. The molecule has 1 aliphatic rings. The van der Waals surface area contributed by atoms with E-state index >= 15 is 0 Å². The number of esters is 1. The van der Waals surface area contributed by atoms with E-state index in [-0.39, 0.29) is 11.7 Å². The Morgan fingerprint density at radius 3 is 2.57 bits per heavy atom. The lowest BCUT2D eigenvalue weighted by atomic mass is 9.96. The molecule has 0 spiro atoms. The Balaban J connectivity index is 1.95. The molecule has 0 unspecified atom stereocenters. The number of nitrogens with zero attached hydrogens (tertiary/aromatic N) is 2. The monoisotopic (exact) mass is 604 g/mol. The van der Waals surface area contributed by atoms with Gasteiger partial charge in [-0.2, -0.15) is 0 Å². The number of hydrogen-bond acceptors (Lipinski definition) is 7. The van der Waals surface area contributed by atoms with Crippen LogP contribution in [0.1, 0.15) is 44.9 Å². The zero-order valence-corrected chi connectivity index (χ0v) is 24.2. The van der Waals surface area contributed by atoms with Crippen molar-refractivity contribution in [1.82, 2.24) is 4.57 Å². The van der Waals surface area contributed by atoms with E-state index in [1.165, 1.54) is 11.3 Å². The van der Waals surface area contributed by atoms with Gasteiger partial charge < -0.3 is 14.2 Å². The normalized spacial score (nSPS) is 15.5. The van der Waals surface area contributed by atoms with Crippen LogP contribution >= 0.6 is 38.9 Å². The summed E-state index contributed by atoms with van der Waals surface area (Å²) in [5, 5.41) is 0.553. The Bertz CT molecular complexity index is 1560. The number of hydrogen-bond donors (Lipinski definition) is 0. The first-order chi connectivity index (χ1) is 17.6. The maximum atomic E-state index is 13.8. The molecule has 0 radical (unpaired) electrons. The van der Waals surface area contributed by atoms with Crippen molar-refractivity contribution in [3.8, 4) is 11.5 Å². The molecular formula is C27H26BrClN2O5S. The second-order valence-corrected chi connectivity index (χ2v) is 10.8. The van der Waals surface area contributed by atoms with Gasteiger partial charge in [0.15, 0.2) is 4.80 Å². The Labute approximate surface area is 231 Å². The fourth-order valence-corrected chi connectivity index (χ4v) is 5.75. The fourth-order valence-electron chi connectivity index (χ4n) is 4.06. The number of carbonyl (C=O) groups is 1. The number of rotatable bonds is 7. The Morgan fingerprint density at radius 2 is 1.95 bits per heavy atom. The number of benzene rings is 2. The van der Waals surface area contributed by atoms with Gasteiger partial charge in [-0.15, -0.1) is 0 Å². The van der Waals surface area contributed by atoms with Gasteiger partial charge in [0.05, 0.1) is 46.1 Å². The zero-order chi connectivity index (χ0) is 26.9. The highest BCUT2D eigenvalue weighted by Crippen LogP contribution is 2.34. The van der Waals surface area contributed by atoms with E-state index in [4.69, 9.17) is 25.8 Å². The molecule has 1 atom stereocenters. The lowest BCUT2D eigenvalue weighted by Gasteiger charge is -2.25. The zero-order valence-electron chi connectivity index (χ0n) is 21.0. The molecule has 0 bridgehead atoms. The molecule has 0 saturated carbocycles. The van der Waals surface area contributed by atoms with Crippen LogP contribution in [0.2, 0.25) is 5.02 Å². The van der Waals surface area contributed by atoms with Crippen LogP contribution in [-0.2, 0) is 9.53 Å². The molecule has 0 aliphatic carbocycles. The number of carbonyl (C=O) groups excluding carboxylic acids is 1. The van der Waals surface area contributed by atoms with Gasteiger partial charge in [-0.05, 0) is 73.5 Å². The third kappa shape index (κ3) is 5.54. The summed E-state index contributed by atoms with van der Waals surface area (Å²) in [6.45, 7) is 7.65. The minimum Gasteiger partial charge on any atom is -0.495 e. The second kappa shape index (κ2) is 11.2. The number of halogens is 2. The maximum Gasteiger partial charge on any atom is 0.338 e. The molecule has 2 heterocycles. The molecule has 0 saturated heterocycles. The fraction of sp³-hybridized carbons (Fsp3) is 0.296. The molecule has 3 aromatic rings. The van der Waals surface area contributed by atoms with E-state index in [0.717, 1.165) is 10.0 Å². The highest BCUT2D eigenvalue weighted by atomic mass is 79.9. The molecule has 10 heteroatoms. The van der Waals surface area contributed by atoms with Crippen molar-refractivity contribution >= 4 is 50.9 Å². The average Bonchev–Trinajstić information content (AvgIpc) is 3.14. The number of allylic oxidation sites excluding steroid dienone is 1. The van der Waals surface area contributed by atoms with Crippen LogP contribution in [0.15, 0.2) is 61.9 Å². The minimum absolute atomic E-state index is 0.277. The standard InChI is InChI=1S/C27H26BrClN2O5S/c1-6-35-20-13-21(34-5)19(28)11-17(20)12-22-25(32)31-24(16-7-9-18(29)10-8-16)23(26(33)36-14(2)3)15(4)30-27(31)37-22/h7-14,24H,6H2,1-5H3/b22-12-/t24-/m0/s1. The van der Waals surface area contributed by atoms with Gasteiger partial charge in [-0.1, -0.05) is 35.1 Å². The van der Waals surface area contributed by atoms with Crippen LogP contribution in [0.5, 0.6) is 11.5 Å². The first-order valence-corrected chi connectivity index (χ1v) is 13.6. The van der Waals surface area contributed by atoms with E-state index < -0.39 is 12.0 Å². The van der Waals surface area contributed by atoms with E-state index in [2.05, 4.69) is 20.9 Å². The third-order valence-corrected chi connectivity index (χ3v) is 7.50. The number of aromatic nitrogens is 1. The molecule has 7 nitrogen and oxygen atoms in total. The molecule has 4 rings (SSSR count). The highest BCUT2D eigenvalue weighted by Gasteiger charge is 2.33. The minimum atomic E-state index is -0.712. The largest absolute Gasteiger partial charge is 0.495 e. The predicted octanol–water partition coefficient (Wildman–Crippen LogP) is 5.01. The van der Waals surface area contributed by atoms with Crippen molar-refractivity contribution in [3.63, 3.8) is 0 Å². The van der Waals surface area contributed by atoms with Crippen LogP contribution < -0.4 is 24.4 Å². The van der Waals surface area contributed by atoms with E-state index in [1.54, 1.807) is 68.9 Å². The van der Waals surface area contributed by atoms with Crippen LogP contribution in [-0.4, -0.2) is 30.4 Å². The Morgan fingerprint density at radius 1 is 1.24 bits per heavy atom. The first kappa shape index (κ1) is 27.2. The van der Waals surface area contributed by atoms with E-state index in [0.29, 0.717) is 49.3 Å². The summed E-state index contributed by atoms with van der Waals surface area (Å²) in [7, 11) is 1.58. The van der Waals surface area contributed by atoms with Gasteiger partial charge >= 0.3 is 5.97 Å². The summed E-state index contributed by atoms with van der Waals surface area (Å²) >= 11 is 10.9. The van der Waals surface area contributed by atoms with Crippen molar-refractivity contribution in [2.24, 2.45) is 4.99 Å². The predicted molar refractivity (Wildman–Crippen MR) is 148 cm³/mol. The summed E-state index contributed by atoms with van der Waals surface area (Å²) < 4.78 is 19.5. The highest BCUT2D eigenvalue weighted by molar-refractivity contribution is 9.10. The molecule has 1 aromatic heterocycles. The first-order valence-electron chi connectivity index (χ1n) is 11.6. The molecule has 37 heavy (non-hydrogen) atoms. The van der Waals surface area contributed by atoms with Crippen LogP contribution in [0.4, 0.5) is 0 Å². The average molecular weight is 606 g/mol. The van der Waals surface area contributed by atoms with Gasteiger partial charge in [-0.3, -0.25) is 9.36 Å². The quantitative estimate of drug-likeness (QED) is 0.354. The summed E-state index contributed by atoms with van der Waals surface area (Å²) in [5.41, 5.74) is 1.97. The van der Waals surface area contributed by atoms with Gasteiger partial charge in [0.1, 0.15) is 11.5 Å². The summed E-state index contributed by atoms with van der Waals surface area (Å²) in [5.74, 6) is 0.692. The Kier molecular flexibility index (Phi) is 8.26. The smallest absolute Gasteiger partial charge is 0.338 e. The van der Waals surface area contributed by atoms with Crippen molar-refractivity contribution < 1.29 is 19.0 Å². The van der Waals surface area contributed by atoms with Crippen molar-refractivity contribution in [1.29, 1.82) is 0 Å². The van der Waals surface area contributed by atoms with Gasteiger partial charge in [-0.25, -0.2) is 9.79 Å². The molecule has 0 N–H and O–H groups in total. The van der Waals surface area contributed by atoms with Crippen LogP contribution in [0.25, 0.3) is 6.08 Å².